The third kappa shape index (κ3) is 2.66. The minimum Gasteiger partial charge on any atom is -0.337 e. The van der Waals surface area contributed by atoms with Crippen molar-refractivity contribution in [2.24, 2.45) is 0 Å². The Morgan fingerprint density at radius 1 is 0.950 bits per heavy atom. The molecular weight excluding hydrogens is 259 g/mol. The van der Waals surface area contributed by atoms with Gasteiger partial charge in [0, 0.05) is 38.1 Å². The van der Waals surface area contributed by atoms with Gasteiger partial charge in [0.25, 0.3) is 0 Å². The first-order valence-corrected chi connectivity index (χ1v) is 6.49. The zero-order chi connectivity index (χ0) is 13.9. The highest BCUT2D eigenvalue weighted by Crippen LogP contribution is 2.14. The molecule has 1 aliphatic heterocycles. The highest BCUT2D eigenvalue weighted by atomic mass is 19.1. The second-order valence-corrected chi connectivity index (χ2v) is 4.67. The van der Waals surface area contributed by atoms with Crippen molar-refractivity contribution in [3.8, 4) is 0 Å². The van der Waals surface area contributed by atoms with Crippen LogP contribution in [0.2, 0.25) is 0 Å². The van der Waals surface area contributed by atoms with E-state index in [1.807, 2.05) is 17.9 Å². The van der Waals surface area contributed by atoms with E-state index in [0.717, 1.165) is 37.8 Å². The highest BCUT2D eigenvalue weighted by molar-refractivity contribution is 5.37. The van der Waals surface area contributed by atoms with Gasteiger partial charge in [-0.3, -0.25) is 0 Å². The summed E-state index contributed by atoms with van der Waals surface area (Å²) in [5, 5.41) is 0. The summed E-state index contributed by atoms with van der Waals surface area (Å²) in [5.74, 6) is 0.904. The normalized spacial score (nSPS) is 15.5. The molecule has 1 fully saturated rings. The minimum absolute atomic E-state index is 0.416. The number of nitrogens with zero attached hydrogens (tertiary/aromatic N) is 6. The fourth-order valence-electron chi connectivity index (χ4n) is 2.16. The Labute approximate surface area is 116 Å². The molecule has 6 nitrogen and oxygen atoms in total. The maximum atomic E-state index is 12.8. The lowest BCUT2D eigenvalue weighted by atomic mass is 10.3. The maximum Gasteiger partial charge on any atom is 0.225 e. The Bertz CT molecular complexity index is 580. The third-order valence-corrected chi connectivity index (χ3v) is 3.23. The van der Waals surface area contributed by atoms with Gasteiger partial charge in [0.2, 0.25) is 11.9 Å². The largest absolute Gasteiger partial charge is 0.337 e. The molecule has 2 aromatic heterocycles. The maximum absolute atomic E-state index is 12.8. The molecule has 0 saturated carbocycles. The second-order valence-electron chi connectivity index (χ2n) is 4.67. The van der Waals surface area contributed by atoms with Crippen molar-refractivity contribution in [1.29, 1.82) is 0 Å². The molecule has 0 atom stereocenters. The van der Waals surface area contributed by atoms with Crippen LogP contribution in [0.4, 0.5) is 16.3 Å². The van der Waals surface area contributed by atoms with E-state index < -0.39 is 5.82 Å². The van der Waals surface area contributed by atoms with Crippen LogP contribution >= 0.6 is 0 Å². The van der Waals surface area contributed by atoms with Crippen LogP contribution in [-0.4, -0.2) is 46.1 Å². The summed E-state index contributed by atoms with van der Waals surface area (Å²) < 4.78 is 12.8. The van der Waals surface area contributed by atoms with Gasteiger partial charge in [-0.2, -0.15) is 0 Å². The van der Waals surface area contributed by atoms with Crippen molar-refractivity contribution in [3.05, 3.63) is 36.2 Å². The first-order valence-electron chi connectivity index (χ1n) is 6.49. The second kappa shape index (κ2) is 5.36. The van der Waals surface area contributed by atoms with Crippen LogP contribution in [0.5, 0.6) is 0 Å². The summed E-state index contributed by atoms with van der Waals surface area (Å²) in [6.07, 6.45) is 4.16. The van der Waals surface area contributed by atoms with E-state index in [9.17, 15) is 4.39 Å². The van der Waals surface area contributed by atoms with Gasteiger partial charge in [0.1, 0.15) is 0 Å². The van der Waals surface area contributed by atoms with Gasteiger partial charge in [0.15, 0.2) is 5.82 Å². The number of aryl methyl sites for hydroxylation is 1. The summed E-state index contributed by atoms with van der Waals surface area (Å²) in [6.45, 7) is 5.08. The van der Waals surface area contributed by atoms with Crippen LogP contribution in [-0.2, 0) is 0 Å². The summed E-state index contributed by atoms with van der Waals surface area (Å²) in [6, 6.07) is 1.88. The summed E-state index contributed by atoms with van der Waals surface area (Å²) in [4.78, 5) is 20.9. The zero-order valence-electron chi connectivity index (χ0n) is 11.2. The van der Waals surface area contributed by atoms with E-state index in [4.69, 9.17) is 0 Å². The van der Waals surface area contributed by atoms with E-state index in [-0.39, 0.29) is 0 Å². The number of aromatic nitrogens is 4. The van der Waals surface area contributed by atoms with Crippen molar-refractivity contribution < 1.29 is 4.39 Å². The SMILES string of the molecule is Cc1ccnc(N2CCN(c3ncc(F)cn3)CC2)n1. The van der Waals surface area contributed by atoms with Crippen LogP contribution < -0.4 is 9.80 Å². The van der Waals surface area contributed by atoms with Gasteiger partial charge in [-0.25, -0.2) is 24.3 Å². The minimum atomic E-state index is -0.416. The van der Waals surface area contributed by atoms with Crippen molar-refractivity contribution in [2.45, 2.75) is 6.92 Å². The summed E-state index contributed by atoms with van der Waals surface area (Å²) >= 11 is 0. The molecule has 3 heterocycles. The summed E-state index contributed by atoms with van der Waals surface area (Å²) in [7, 11) is 0. The Kier molecular flexibility index (Phi) is 3.41. The molecule has 0 spiro atoms. The van der Waals surface area contributed by atoms with Gasteiger partial charge < -0.3 is 9.80 Å². The number of anilines is 2. The van der Waals surface area contributed by atoms with Crippen LogP contribution in [0.25, 0.3) is 0 Å². The average Bonchev–Trinajstić information content (AvgIpc) is 2.48. The predicted octanol–water partition coefficient (Wildman–Crippen LogP) is 1.04. The van der Waals surface area contributed by atoms with Crippen LogP contribution in [0.3, 0.4) is 0 Å². The van der Waals surface area contributed by atoms with Crippen LogP contribution in [0.15, 0.2) is 24.7 Å². The fourth-order valence-corrected chi connectivity index (χ4v) is 2.16. The number of rotatable bonds is 2. The first-order chi connectivity index (χ1) is 9.72. The lowest BCUT2D eigenvalue weighted by Crippen LogP contribution is -2.47. The number of piperazine rings is 1. The molecule has 0 aromatic carbocycles. The molecule has 0 unspecified atom stereocenters. The third-order valence-electron chi connectivity index (χ3n) is 3.23. The topological polar surface area (TPSA) is 58.0 Å². The monoisotopic (exact) mass is 274 g/mol. The molecule has 20 heavy (non-hydrogen) atoms. The molecule has 0 N–H and O–H groups in total. The van der Waals surface area contributed by atoms with Crippen molar-refractivity contribution in [1.82, 2.24) is 19.9 Å². The first kappa shape index (κ1) is 12.7. The molecule has 0 aliphatic carbocycles. The number of hydrogen-bond acceptors (Lipinski definition) is 6. The molecule has 0 amide bonds. The molecule has 3 rings (SSSR count). The van der Waals surface area contributed by atoms with Crippen molar-refractivity contribution >= 4 is 11.9 Å². The Balaban J connectivity index is 1.66. The van der Waals surface area contributed by atoms with Gasteiger partial charge in [-0.15, -0.1) is 0 Å². The van der Waals surface area contributed by atoms with E-state index >= 15 is 0 Å². The molecule has 1 saturated heterocycles. The lowest BCUT2D eigenvalue weighted by molar-refractivity contribution is 0.600. The van der Waals surface area contributed by atoms with Gasteiger partial charge in [-0.05, 0) is 13.0 Å². The van der Waals surface area contributed by atoms with Gasteiger partial charge >= 0.3 is 0 Å². The molecule has 2 aromatic rings. The summed E-state index contributed by atoms with van der Waals surface area (Å²) in [5.41, 5.74) is 0.958. The molecule has 1 aliphatic rings. The average molecular weight is 274 g/mol. The van der Waals surface area contributed by atoms with Crippen LogP contribution in [0.1, 0.15) is 5.69 Å². The number of hydrogen-bond donors (Lipinski definition) is 0. The van der Waals surface area contributed by atoms with Gasteiger partial charge in [0.05, 0.1) is 12.4 Å². The Hall–Kier alpha value is -2.31. The quantitative estimate of drug-likeness (QED) is 0.815. The van der Waals surface area contributed by atoms with Crippen molar-refractivity contribution in [2.75, 3.05) is 36.0 Å². The molecule has 7 heteroatoms. The van der Waals surface area contributed by atoms with E-state index in [0.29, 0.717) is 5.95 Å². The molecular formula is C13H15FN6. The number of halogens is 1. The molecule has 0 radical (unpaired) electrons. The Morgan fingerprint density at radius 2 is 1.55 bits per heavy atom. The van der Waals surface area contributed by atoms with Gasteiger partial charge in [-0.1, -0.05) is 0 Å². The molecule has 104 valence electrons. The smallest absolute Gasteiger partial charge is 0.225 e. The molecule has 0 bridgehead atoms. The standard InChI is InChI=1S/C13H15FN6/c1-10-2-3-15-13(18-10)20-6-4-19(5-7-20)12-16-8-11(14)9-17-12/h2-3,8-9H,4-7H2,1H3. The highest BCUT2D eigenvalue weighted by Gasteiger charge is 2.20. The van der Waals surface area contributed by atoms with Crippen LogP contribution in [0, 0.1) is 12.7 Å². The van der Waals surface area contributed by atoms with E-state index in [2.05, 4.69) is 24.8 Å². The predicted molar refractivity (Wildman–Crippen MR) is 73.2 cm³/mol. The lowest BCUT2D eigenvalue weighted by Gasteiger charge is -2.34. The van der Waals surface area contributed by atoms with E-state index in [1.165, 1.54) is 12.4 Å². The fraction of sp³-hybridized carbons (Fsp3) is 0.385. The Morgan fingerprint density at radius 3 is 2.15 bits per heavy atom. The zero-order valence-corrected chi connectivity index (χ0v) is 11.2. The van der Waals surface area contributed by atoms with E-state index in [1.54, 1.807) is 6.20 Å². The van der Waals surface area contributed by atoms with Crippen molar-refractivity contribution in [3.63, 3.8) is 0 Å².